The summed E-state index contributed by atoms with van der Waals surface area (Å²) in [5, 5.41) is 1.10. The Balaban J connectivity index is 2.35. The zero-order valence-electron chi connectivity index (χ0n) is 9.72. The predicted molar refractivity (Wildman–Crippen MR) is 62.4 cm³/mol. The summed E-state index contributed by atoms with van der Waals surface area (Å²) in [4.78, 5) is 11.4. The van der Waals surface area contributed by atoms with Gasteiger partial charge in [0.05, 0.1) is 0 Å². The van der Waals surface area contributed by atoms with Crippen LogP contribution in [0.1, 0.15) is 19.4 Å². The molecular formula is C12H18N2O2. The molecule has 1 amide bonds. The van der Waals surface area contributed by atoms with Gasteiger partial charge in [-0.05, 0) is 11.5 Å². The normalized spacial score (nSPS) is 10.2. The molecule has 4 nitrogen and oxygen atoms in total. The van der Waals surface area contributed by atoms with Gasteiger partial charge in [-0.2, -0.15) is 0 Å². The van der Waals surface area contributed by atoms with E-state index in [9.17, 15) is 4.79 Å². The maximum Gasteiger partial charge on any atom is 0.424 e. The van der Waals surface area contributed by atoms with Gasteiger partial charge in [0, 0.05) is 6.54 Å². The lowest BCUT2D eigenvalue weighted by Gasteiger charge is -2.18. The van der Waals surface area contributed by atoms with E-state index in [2.05, 4.69) is 0 Å². The SMILES string of the molecule is CC(C)CN(N)C(=O)OCc1ccccc1. The molecule has 0 fully saturated rings. The van der Waals surface area contributed by atoms with Crippen molar-refractivity contribution in [3.8, 4) is 0 Å². The average Bonchev–Trinajstić information content (AvgIpc) is 2.26. The maximum absolute atomic E-state index is 11.4. The van der Waals surface area contributed by atoms with Gasteiger partial charge in [-0.25, -0.2) is 15.6 Å². The molecule has 0 heterocycles. The van der Waals surface area contributed by atoms with Gasteiger partial charge in [0.1, 0.15) is 6.61 Å². The molecule has 1 rings (SSSR count). The zero-order chi connectivity index (χ0) is 12.0. The maximum atomic E-state index is 11.4. The Morgan fingerprint density at radius 1 is 1.38 bits per heavy atom. The highest BCUT2D eigenvalue weighted by Crippen LogP contribution is 2.02. The molecule has 1 aromatic carbocycles. The highest BCUT2D eigenvalue weighted by Gasteiger charge is 2.11. The fourth-order valence-corrected chi connectivity index (χ4v) is 1.27. The van der Waals surface area contributed by atoms with Crippen LogP contribution >= 0.6 is 0 Å². The summed E-state index contributed by atoms with van der Waals surface area (Å²) >= 11 is 0. The van der Waals surface area contributed by atoms with Crippen LogP contribution in [0.2, 0.25) is 0 Å². The summed E-state index contributed by atoms with van der Waals surface area (Å²) in [6.45, 7) is 4.73. The van der Waals surface area contributed by atoms with Crippen LogP contribution in [0.3, 0.4) is 0 Å². The summed E-state index contributed by atoms with van der Waals surface area (Å²) in [5.74, 6) is 5.87. The molecule has 0 saturated carbocycles. The van der Waals surface area contributed by atoms with E-state index in [4.69, 9.17) is 10.6 Å². The van der Waals surface area contributed by atoms with Crippen LogP contribution in [0.5, 0.6) is 0 Å². The number of hydrogen-bond acceptors (Lipinski definition) is 3. The predicted octanol–water partition coefficient (Wildman–Crippen LogP) is 2.15. The van der Waals surface area contributed by atoms with Crippen LogP contribution in [0.15, 0.2) is 30.3 Å². The second kappa shape index (κ2) is 6.12. The molecule has 2 N–H and O–H groups in total. The van der Waals surface area contributed by atoms with Crippen LogP contribution in [0.25, 0.3) is 0 Å². The first-order valence-corrected chi connectivity index (χ1v) is 5.32. The quantitative estimate of drug-likeness (QED) is 0.482. The minimum atomic E-state index is -0.488. The average molecular weight is 222 g/mol. The largest absolute Gasteiger partial charge is 0.444 e. The molecule has 4 heteroatoms. The van der Waals surface area contributed by atoms with Crippen molar-refractivity contribution >= 4 is 6.09 Å². The van der Waals surface area contributed by atoms with E-state index >= 15 is 0 Å². The molecule has 0 unspecified atom stereocenters. The number of hydrazine groups is 1. The zero-order valence-corrected chi connectivity index (χ0v) is 9.72. The Kier molecular flexibility index (Phi) is 4.79. The van der Waals surface area contributed by atoms with E-state index in [0.717, 1.165) is 10.6 Å². The number of ether oxygens (including phenoxy) is 1. The lowest BCUT2D eigenvalue weighted by Crippen LogP contribution is -2.40. The third-order valence-electron chi connectivity index (χ3n) is 2.00. The molecule has 88 valence electrons. The van der Waals surface area contributed by atoms with E-state index in [1.54, 1.807) is 0 Å². The van der Waals surface area contributed by atoms with Gasteiger partial charge in [0.2, 0.25) is 0 Å². The van der Waals surface area contributed by atoms with Crippen molar-refractivity contribution in [3.05, 3.63) is 35.9 Å². The Labute approximate surface area is 96.0 Å². The van der Waals surface area contributed by atoms with E-state index in [-0.39, 0.29) is 6.61 Å². The third-order valence-corrected chi connectivity index (χ3v) is 2.00. The molecule has 0 aromatic heterocycles. The first-order chi connectivity index (χ1) is 7.59. The highest BCUT2D eigenvalue weighted by molar-refractivity contribution is 5.66. The molecule has 0 radical (unpaired) electrons. The number of carbonyl (C=O) groups is 1. The lowest BCUT2D eigenvalue weighted by atomic mass is 10.2. The topological polar surface area (TPSA) is 55.6 Å². The van der Waals surface area contributed by atoms with Crippen molar-refractivity contribution in [2.45, 2.75) is 20.5 Å². The molecule has 0 atom stereocenters. The van der Waals surface area contributed by atoms with Crippen molar-refractivity contribution < 1.29 is 9.53 Å². The number of nitrogens with zero attached hydrogens (tertiary/aromatic N) is 1. The Morgan fingerprint density at radius 2 is 2.00 bits per heavy atom. The number of benzene rings is 1. The fourth-order valence-electron chi connectivity index (χ4n) is 1.27. The van der Waals surface area contributed by atoms with E-state index in [1.807, 2.05) is 44.2 Å². The highest BCUT2D eigenvalue weighted by atomic mass is 16.6. The molecule has 0 aliphatic rings. The molecule has 16 heavy (non-hydrogen) atoms. The minimum absolute atomic E-state index is 0.255. The smallest absolute Gasteiger partial charge is 0.424 e. The summed E-state index contributed by atoms with van der Waals surface area (Å²) in [5.41, 5.74) is 0.953. The van der Waals surface area contributed by atoms with Gasteiger partial charge in [-0.1, -0.05) is 44.2 Å². The van der Waals surface area contributed by atoms with Gasteiger partial charge in [-0.3, -0.25) is 0 Å². The fraction of sp³-hybridized carbons (Fsp3) is 0.417. The molecular weight excluding hydrogens is 204 g/mol. The van der Waals surface area contributed by atoms with Gasteiger partial charge >= 0.3 is 6.09 Å². The molecule has 0 aliphatic carbocycles. The van der Waals surface area contributed by atoms with Crippen molar-refractivity contribution in [2.75, 3.05) is 6.54 Å². The van der Waals surface area contributed by atoms with Crippen LogP contribution < -0.4 is 5.84 Å². The Morgan fingerprint density at radius 3 is 2.56 bits per heavy atom. The van der Waals surface area contributed by atoms with Crippen molar-refractivity contribution in [2.24, 2.45) is 11.8 Å². The molecule has 0 bridgehead atoms. The number of rotatable bonds is 4. The molecule has 0 aliphatic heterocycles. The first kappa shape index (κ1) is 12.5. The second-order valence-corrected chi connectivity index (χ2v) is 4.09. The number of carbonyl (C=O) groups excluding carboxylic acids is 1. The van der Waals surface area contributed by atoms with Crippen LogP contribution in [-0.4, -0.2) is 17.6 Å². The number of amides is 1. The van der Waals surface area contributed by atoms with Crippen molar-refractivity contribution in [3.63, 3.8) is 0 Å². The Hall–Kier alpha value is -1.55. The van der Waals surface area contributed by atoms with Gasteiger partial charge in [-0.15, -0.1) is 0 Å². The third kappa shape index (κ3) is 4.31. The van der Waals surface area contributed by atoms with Crippen LogP contribution in [-0.2, 0) is 11.3 Å². The van der Waals surface area contributed by atoms with Crippen molar-refractivity contribution in [1.29, 1.82) is 0 Å². The molecule has 1 aromatic rings. The minimum Gasteiger partial charge on any atom is -0.444 e. The van der Waals surface area contributed by atoms with E-state index in [0.29, 0.717) is 12.5 Å². The number of nitrogens with two attached hydrogens (primary N) is 1. The molecule has 0 saturated heterocycles. The second-order valence-electron chi connectivity index (χ2n) is 4.09. The Bertz CT molecular complexity index is 325. The summed E-state index contributed by atoms with van der Waals surface area (Å²) in [6, 6.07) is 9.52. The lowest BCUT2D eigenvalue weighted by molar-refractivity contribution is 0.0921. The van der Waals surface area contributed by atoms with Crippen LogP contribution in [0.4, 0.5) is 4.79 Å². The first-order valence-electron chi connectivity index (χ1n) is 5.32. The number of hydrogen-bond donors (Lipinski definition) is 1. The van der Waals surface area contributed by atoms with Gasteiger partial charge < -0.3 is 4.74 Å². The summed E-state index contributed by atoms with van der Waals surface area (Å²) in [7, 11) is 0. The summed E-state index contributed by atoms with van der Waals surface area (Å²) < 4.78 is 5.05. The van der Waals surface area contributed by atoms with Crippen LogP contribution in [0, 0.1) is 5.92 Å². The van der Waals surface area contributed by atoms with Gasteiger partial charge in [0.25, 0.3) is 0 Å². The van der Waals surface area contributed by atoms with E-state index < -0.39 is 6.09 Å². The molecule has 0 spiro atoms. The van der Waals surface area contributed by atoms with E-state index in [1.165, 1.54) is 0 Å². The van der Waals surface area contributed by atoms with Crippen molar-refractivity contribution in [1.82, 2.24) is 5.01 Å². The monoisotopic (exact) mass is 222 g/mol. The summed E-state index contributed by atoms with van der Waals surface area (Å²) in [6.07, 6.45) is -0.488. The van der Waals surface area contributed by atoms with Gasteiger partial charge in [0.15, 0.2) is 0 Å². The standard InChI is InChI=1S/C12H18N2O2/c1-10(2)8-14(13)12(15)16-9-11-6-4-3-5-7-11/h3-7,10H,8-9,13H2,1-2H3.